The van der Waals surface area contributed by atoms with E-state index in [-0.39, 0.29) is 28.9 Å². The lowest BCUT2D eigenvalue weighted by Gasteiger charge is -2.20. The number of amides is 2. The van der Waals surface area contributed by atoms with E-state index in [1.807, 2.05) is 0 Å². The fourth-order valence-electron chi connectivity index (χ4n) is 3.86. The number of anilines is 1. The topological polar surface area (TPSA) is 114 Å². The maximum atomic E-state index is 13.2. The summed E-state index contributed by atoms with van der Waals surface area (Å²) in [6, 6.07) is 11.1. The lowest BCUT2D eigenvalue weighted by molar-refractivity contribution is -0.120. The van der Waals surface area contributed by atoms with Gasteiger partial charge in [0.1, 0.15) is 16.4 Å². The number of carbonyl (C=O) groups is 2. The molecule has 0 saturated carbocycles. The van der Waals surface area contributed by atoms with E-state index in [4.69, 9.17) is 9.47 Å². The molecule has 1 fully saturated rings. The van der Waals surface area contributed by atoms with Crippen LogP contribution in [-0.4, -0.2) is 51.3 Å². The summed E-state index contributed by atoms with van der Waals surface area (Å²) in [5.74, 6) is 0.273. The molecule has 9 nitrogen and oxygen atoms in total. The maximum absolute atomic E-state index is 13.2. The van der Waals surface area contributed by atoms with Crippen LogP contribution in [0, 0.1) is 0 Å². The van der Waals surface area contributed by atoms with E-state index in [0.717, 1.165) is 18.4 Å². The van der Waals surface area contributed by atoms with Gasteiger partial charge in [0.25, 0.3) is 0 Å². The molecule has 2 aromatic carbocycles. The molecule has 34 heavy (non-hydrogen) atoms. The monoisotopic (exact) mass is 489 g/mol. The first-order valence-electron chi connectivity index (χ1n) is 11.2. The Balaban J connectivity index is 1.81. The third-order valence-electron chi connectivity index (χ3n) is 5.50. The average Bonchev–Trinajstić information content (AvgIpc) is 3.35. The quantitative estimate of drug-likeness (QED) is 0.530. The summed E-state index contributed by atoms with van der Waals surface area (Å²) in [6.45, 7) is 4.41. The molecule has 0 bridgehead atoms. The van der Waals surface area contributed by atoms with E-state index in [1.54, 1.807) is 50.4 Å². The van der Waals surface area contributed by atoms with Gasteiger partial charge in [0.15, 0.2) is 0 Å². The third kappa shape index (κ3) is 6.27. The summed E-state index contributed by atoms with van der Waals surface area (Å²) in [5, 5.41) is 5.54. The summed E-state index contributed by atoms with van der Waals surface area (Å²) in [7, 11) is -2.19. The highest BCUT2D eigenvalue weighted by Crippen LogP contribution is 2.32. The maximum Gasteiger partial charge on any atom is 0.246 e. The van der Waals surface area contributed by atoms with Crippen molar-refractivity contribution in [1.29, 1.82) is 0 Å². The Morgan fingerprint density at radius 2 is 1.76 bits per heavy atom. The second-order valence-electron chi connectivity index (χ2n) is 7.98. The van der Waals surface area contributed by atoms with Gasteiger partial charge in [-0.25, -0.2) is 8.42 Å². The zero-order valence-corrected chi connectivity index (χ0v) is 20.5. The fraction of sp³-hybridized carbons (Fsp3) is 0.417. The van der Waals surface area contributed by atoms with Gasteiger partial charge in [-0.3, -0.25) is 9.59 Å². The van der Waals surface area contributed by atoms with Crippen molar-refractivity contribution < 1.29 is 27.5 Å². The number of hydrogen-bond donors (Lipinski definition) is 2. The molecule has 0 unspecified atom stereocenters. The van der Waals surface area contributed by atoms with Crippen molar-refractivity contribution >= 4 is 27.5 Å². The Kier molecular flexibility index (Phi) is 8.51. The molecule has 184 valence electrons. The minimum atomic E-state index is -3.75. The normalized spacial score (nSPS) is 14.9. The van der Waals surface area contributed by atoms with Crippen LogP contribution in [0.2, 0.25) is 0 Å². The lowest BCUT2D eigenvalue weighted by atomic mass is 10.0. The molecule has 10 heteroatoms. The molecular weight excluding hydrogens is 458 g/mol. The van der Waals surface area contributed by atoms with Gasteiger partial charge < -0.3 is 20.1 Å². The highest BCUT2D eigenvalue weighted by atomic mass is 32.2. The predicted molar refractivity (Wildman–Crippen MR) is 128 cm³/mol. The standard InChI is InChI=1S/C24H31N3O6S/c1-4-33-22-12-9-19(15-23(22)34(30,31)27-13-5-6-14-27)26-24(29)16-21(25-17(2)28)18-7-10-20(32-3)11-8-18/h7-12,15,21H,4-6,13-14,16H2,1-3H3,(H,25,28)(H,26,29)/t21-/m0/s1. The van der Waals surface area contributed by atoms with Gasteiger partial charge in [-0.2, -0.15) is 4.31 Å². The lowest BCUT2D eigenvalue weighted by Crippen LogP contribution is -2.30. The Morgan fingerprint density at radius 3 is 2.35 bits per heavy atom. The van der Waals surface area contributed by atoms with Crippen LogP contribution in [-0.2, 0) is 19.6 Å². The molecule has 3 rings (SSSR count). The van der Waals surface area contributed by atoms with E-state index in [2.05, 4.69) is 10.6 Å². The predicted octanol–water partition coefficient (Wildman–Crippen LogP) is 3.08. The van der Waals surface area contributed by atoms with Crippen LogP contribution in [0.25, 0.3) is 0 Å². The van der Waals surface area contributed by atoms with Crippen molar-refractivity contribution in [3.63, 3.8) is 0 Å². The first kappa shape index (κ1) is 25.5. The number of benzene rings is 2. The molecule has 1 saturated heterocycles. The van der Waals surface area contributed by atoms with Gasteiger partial charge in [0, 0.05) is 25.7 Å². The molecule has 1 heterocycles. The van der Waals surface area contributed by atoms with Gasteiger partial charge in [0.2, 0.25) is 21.8 Å². The third-order valence-corrected chi connectivity index (χ3v) is 7.42. The van der Waals surface area contributed by atoms with Crippen LogP contribution >= 0.6 is 0 Å². The molecule has 2 N–H and O–H groups in total. The van der Waals surface area contributed by atoms with Crippen molar-refractivity contribution in [2.45, 2.75) is 44.0 Å². The van der Waals surface area contributed by atoms with Crippen LogP contribution in [0.4, 0.5) is 5.69 Å². The number of ether oxygens (including phenoxy) is 2. The summed E-state index contributed by atoms with van der Waals surface area (Å²) in [4.78, 5) is 24.6. The Labute approximate surface area is 200 Å². The van der Waals surface area contributed by atoms with Crippen LogP contribution in [0.1, 0.15) is 44.7 Å². The van der Waals surface area contributed by atoms with Crippen molar-refractivity contribution in [1.82, 2.24) is 9.62 Å². The molecule has 1 atom stereocenters. The van der Waals surface area contributed by atoms with Crippen molar-refractivity contribution in [3.05, 3.63) is 48.0 Å². The SMILES string of the molecule is CCOc1ccc(NC(=O)C[C@H](NC(C)=O)c2ccc(OC)cc2)cc1S(=O)(=O)N1CCCC1. The molecule has 1 aliphatic rings. The summed E-state index contributed by atoms with van der Waals surface area (Å²) >= 11 is 0. The average molecular weight is 490 g/mol. The van der Waals surface area contributed by atoms with Crippen molar-refractivity contribution in [3.8, 4) is 11.5 Å². The number of nitrogens with one attached hydrogen (secondary N) is 2. The molecule has 0 aliphatic carbocycles. The molecular formula is C24H31N3O6S. The van der Waals surface area contributed by atoms with E-state index in [1.165, 1.54) is 17.3 Å². The number of methoxy groups -OCH3 is 1. The minimum absolute atomic E-state index is 0.0302. The molecule has 1 aliphatic heterocycles. The largest absolute Gasteiger partial charge is 0.497 e. The zero-order valence-electron chi connectivity index (χ0n) is 19.7. The Hall–Kier alpha value is -3.11. The first-order chi connectivity index (χ1) is 16.2. The number of nitrogens with zero attached hydrogens (tertiary/aromatic N) is 1. The Morgan fingerprint density at radius 1 is 1.09 bits per heavy atom. The zero-order chi connectivity index (χ0) is 24.7. The van der Waals surface area contributed by atoms with Gasteiger partial charge in [0.05, 0.1) is 26.2 Å². The van der Waals surface area contributed by atoms with E-state index < -0.39 is 16.1 Å². The molecule has 0 radical (unpaired) electrons. The molecule has 2 aromatic rings. The van der Waals surface area contributed by atoms with Gasteiger partial charge >= 0.3 is 0 Å². The number of sulfonamides is 1. The van der Waals surface area contributed by atoms with Crippen LogP contribution in [0.15, 0.2) is 47.4 Å². The summed E-state index contributed by atoms with van der Waals surface area (Å²) in [6.07, 6.45) is 1.60. The number of carbonyl (C=O) groups excluding carboxylic acids is 2. The van der Waals surface area contributed by atoms with Crippen LogP contribution < -0.4 is 20.1 Å². The van der Waals surface area contributed by atoms with Gasteiger partial charge in [-0.15, -0.1) is 0 Å². The summed E-state index contributed by atoms with van der Waals surface area (Å²) < 4.78 is 38.5. The second-order valence-corrected chi connectivity index (χ2v) is 9.89. The van der Waals surface area contributed by atoms with Gasteiger partial charge in [-0.05, 0) is 55.7 Å². The van der Waals surface area contributed by atoms with Crippen molar-refractivity contribution in [2.24, 2.45) is 0 Å². The number of hydrogen-bond acceptors (Lipinski definition) is 6. The molecule has 2 amide bonds. The van der Waals surface area contributed by atoms with E-state index in [0.29, 0.717) is 31.1 Å². The first-order valence-corrected chi connectivity index (χ1v) is 12.7. The minimum Gasteiger partial charge on any atom is -0.497 e. The van der Waals surface area contributed by atoms with E-state index in [9.17, 15) is 18.0 Å². The van der Waals surface area contributed by atoms with Crippen LogP contribution in [0.3, 0.4) is 0 Å². The van der Waals surface area contributed by atoms with Crippen LogP contribution in [0.5, 0.6) is 11.5 Å². The fourth-order valence-corrected chi connectivity index (χ4v) is 5.54. The van der Waals surface area contributed by atoms with Gasteiger partial charge in [-0.1, -0.05) is 12.1 Å². The summed E-state index contributed by atoms with van der Waals surface area (Å²) in [5.41, 5.74) is 1.08. The second kappa shape index (κ2) is 11.3. The molecule has 0 spiro atoms. The molecule has 0 aromatic heterocycles. The van der Waals surface area contributed by atoms with Crippen molar-refractivity contribution in [2.75, 3.05) is 32.1 Å². The smallest absolute Gasteiger partial charge is 0.246 e. The van der Waals surface area contributed by atoms with E-state index >= 15 is 0 Å². The highest BCUT2D eigenvalue weighted by molar-refractivity contribution is 7.89. The Bertz CT molecular complexity index is 1110. The number of rotatable bonds is 10. The highest BCUT2D eigenvalue weighted by Gasteiger charge is 2.30.